The average Bonchev–Trinajstić information content (AvgIpc) is 3.41. The van der Waals surface area contributed by atoms with E-state index in [-0.39, 0.29) is 31.1 Å². The van der Waals surface area contributed by atoms with Crippen molar-refractivity contribution in [1.29, 1.82) is 0 Å². The zero-order valence-electron chi connectivity index (χ0n) is 50.3. The summed E-state index contributed by atoms with van der Waals surface area (Å²) >= 11 is 0. The lowest BCUT2D eigenvalue weighted by Crippen LogP contribution is -2.30. The molecule has 438 valence electrons. The van der Waals surface area contributed by atoms with Crippen LogP contribution in [-0.4, -0.2) is 37.2 Å². The van der Waals surface area contributed by atoms with Crippen molar-refractivity contribution in [3.8, 4) is 0 Å². The summed E-state index contributed by atoms with van der Waals surface area (Å²) < 4.78 is 16.9. The molecule has 0 aromatic carbocycles. The van der Waals surface area contributed by atoms with Crippen LogP contribution in [0.1, 0.15) is 355 Å². The molecule has 0 aliphatic heterocycles. The Labute approximate surface area is 467 Å². The third-order valence-electron chi connectivity index (χ3n) is 14.8. The fraction of sp³-hybridized carbons (Fsp3) is 0.841. The molecule has 0 heterocycles. The maximum Gasteiger partial charge on any atom is 0.306 e. The van der Waals surface area contributed by atoms with E-state index in [0.29, 0.717) is 19.3 Å². The molecular formula is C69H126O6. The highest BCUT2D eigenvalue weighted by Crippen LogP contribution is 2.17. The van der Waals surface area contributed by atoms with Crippen LogP contribution < -0.4 is 0 Å². The second-order valence-corrected chi connectivity index (χ2v) is 22.4. The Bertz CT molecular complexity index is 1300. The molecule has 0 aromatic rings. The van der Waals surface area contributed by atoms with Gasteiger partial charge in [-0.15, -0.1) is 0 Å². The third-order valence-corrected chi connectivity index (χ3v) is 14.8. The molecule has 0 amide bonds. The fourth-order valence-corrected chi connectivity index (χ4v) is 9.75. The minimum Gasteiger partial charge on any atom is -0.462 e. The lowest BCUT2D eigenvalue weighted by Gasteiger charge is -2.18. The highest BCUT2D eigenvalue weighted by molar-refractivity contribution is 5.71. The highest BCUT2D eigenvalue weighted by Gasteiger charge is 2.19. The Morgan fingerprint density at radius 1 is 0.267 bits per heavy atom. The van der Waals surface area contributed by atoms with Crippen LogP contribution in [0.4, 0.5) is 0 Å². The van der Waals surface area contributed by atoms with Gasteiger partial charge in [0.25, 0.3) is 0 Å². The molecule has 0 N–H and O–H groups in total. The highest BCUT2D eigenvalue weighted by atomic mass is 16.6. The van der Waals surface area contributed by atoms with Crippen LogP contribution in [-0.2, 0) is 28.6 Å². The predicted octanol–water partition coefficient (Wildman–Crippen LogP) is 22.6. The van der Waals surface area contributed by atoms with Crippen molar-refractivity contribution < 1.29 is 28.6 Å². The van der Waals surface area contributed by atoms with Crippen LogP contribution in [0, 0.1) is 0 Å². The Hall–Kier alpha value is -2.63. The molecule has 1 unspecified atom stereocenters. The van der Waals surface area contributed by atoms with E-state index in [2.05, 4.69) is 69.4 Å². The smallest absolute Gasteiger partial charge is 0.306 e. The monoisotopic (exact) mass is 1050 g/mol. The van der Waals surface area contributed by atoms with Gasteiger partial charge in [-0.05, 0) is 96.3 Å². The van der Waals surface area contributed by atoms with E-state index in [9.17, 15) is 14.4 Å². The van der Waals surface area contributed by atoms with Gasteiger partial charge in [-0.25, -0.2) is 0 Å². The Morgan fingerprint density at radius 3 is 0.787 bits per heavy atom. The molecule has 0 aliphatic carbocycles. The van der Waals surface area contributed by atoms with Crippen LogP contribution >= 0.6 is 0 Å². The summed E-state index contributed by atoms with van der Waals surface area (Å²) in [5.74, 6) is -0.868. The maximum absolute atomic E-state index is 12.9. The summed E-state index contributed by atoms with van der Waals surface area (Å²) in [6.07, 6.45) is 79.9. The molecule has 75 heavy (non-hydrogen) atoms. The Kier molecular flexibility index (Phi) is 61.7. The molecule has 0 rings (SSSR count). The van der Waals surface area contributed by atoms with Crippen LogP contribution in [0.2, 0.25) is 0 Å². The first kappa shape index (κ1) is 72.4. The summed E-state index contributed by atoms with van der Waals surface area (Å²) in [7, 11) is 0. The van der Waals surface area contributed by atoms with E-state index in [0.717, 1.165) is 70.6 Å². The first-order valence-corrected chi connectivity index (χ1v) is 33.1. The van der Waals surface area contributed by atoms with Crippen LogP contribution in [0.25, 0.3) is 0 Å². The van der Waals surface area contributed by atoms with Gasteiger partial charge in [0.05, 0.1) is 0 Å². The lowest BCUT2D eigenvalue weighted by molar-refractivity contribution is -0.167. The number of hydrogen-bond donors (Lipinski definition) is 0. The summed E-state index contributed by atoms with van der Waals surface area (Å²) in [5.41, 5.74) is 0. The van der Waals surface area contributed by atoms with Crippen LogP contribution in [0.15, 0.2) is 48.6 Å². The summed E-state index contributed by atoms with van der Waals surface area (Å²) in [4.78, 5) is 38.3. The molecule has 0 bridgehead atoms. The SMILES string of the molecule is CCCC/C=C\CCCCCCCC(=O)OCC(COC(=O)CCCCCCCCCCCCC/C=C\C/C=C\CCCCCCC)OC(=O)CCCCCCCCCCCCC/C=C\CCCCCCCCCC. The molecule has 0 saturated heterocycles. The standard InChI is InChI=1S/C69H126O6/c1-4-7-10-13-16-19-22-24-26-28-30-32-34-36-38-40-42-44-47-50-53-56-59-62-68(71)74-65-66(64-73-67(70)61-58-55-52-49-46-21-18-15-12-9-6-3)75-69(72)63-60-57-54-51-48-45-43-41-39-37-35-33-31-29-27-25-23-20-17-14-11-8-5-2/h15,18,22,24,28-31,66H,4-14,16-17,19-21,23,25-27,32-65H2,1-3H3/b18-15-,24-22-,30-28-,31-29-. The topological polar surface area (TPSA) is 78.9 Å². The van der Waals surface area contributed by atoms with Gasteiger partial charge < -0.3 is 14.2 Å². The van der Waals surface area contributed by atoms with E-state index < -0.39 is 6.10 Å². The Morgan fingerprint density at radius 2 is 0.493 bits per heavy atom. The fourth-order valence-electron chi connectivity index (χ4n) is 9.75. The zero-order chi connectivity index (χ0) is 54.3. The van der Waals surface area contributed by atoms with Gasteiger partial charge in [0.2, 0.25) is 0 Å². The second kappa shape index (κ2) is 63.9. The van der Waals surface area contributed by atoms with Gasteiger partial charge in [-0.2, -0.15) is 0 Å². The van der Waals surface area contributed by atoms with Crippen LogP contribution in [0.5, 0.6) is 0 Å². The normalized spacial score (nSPS) is 12.3. The molecule has 6 nitrogen and oxygen atoms in total. The second-order valence-electron chi connectivity index (χ2n) is 22.4. The molecule has 6 heteroatoms. The van der Waals surface area contributed by atoms with Crippen molar-refractivity contribution in [2.45, 2.75) is 361 Å². The molecule has 0 radical (unpaired) electrons. The maximum atomic E-state index is 12.9. The van der Waals surface area contributed by atoms with E-state index >= 15 is 0 Å². The minimum atomic E-state index is -0.777. The minimum absolute atomic E-state index is 0.0746. The number of carbonyl (C=O) groups is 3. The number of allylic oxidation sites excluding steroid dienone is 8. The third kappa shape index (κ3) is 62.1. The summed E-state index contributed by atoms with van der Waals surface area (Å²) in [6.45, 7) is 6.63. The quantitative estimate of drug-likeness (QED) is 0.0261. The van der Waals surface area contributed by atoms with E-state index in [1.165, 1.54) is 244 Å². The Balaban J connectivity index is 4.24. The number of unbranched alkanes of at least 4 members (excludes halogenated alkanes) is 42. The van der Waals surface area contributed by atoms with E-state index in [4.69, 9.17) is 14.2 Å². The molecule has 1 atom stereocenters. The van der Waals surface area contributed by atoms with Crippen molar-refractivity contribution in [2.24, 2.45) is 0 Å². The number of esters is 3. The lowest BCUT2D eigenvalue weighted by atomic mass is 10.0. The molecular weight excluding hydrogens is 925 g/mol. The number of carbonyl (C=O) groups excluding carboxylic acids is 3. The van der Waals surface area contributed by atoms with Gasteiger partial charge >= 0.3 is 17.9 Å². The van der Waals surface area contributed by atoms with Gasteiger partial charge in [-0.3, -0.25) is 14.4 Å². The van der Waals surface area contributed by atoms with Crippen LogP contribution in [0.3, 0.4) is 0 Å². The predicted molar refractivity (Wildman–Crippen MR) is 325 cm³/mol. The number of hydrogen-bond acceptors (Lipinski definition) is 6. The summed E-state index contributed by atoms with van der Waals surface area (Å²) in [5, 5.41) is 0. The molecule has 0 spiro atoms. The van der Waals surface area contributed by atoms with E-state index in [1.54, 1.807) is 0 Å². The molecule has 0 aromatic heterocycles. The average molecular weight is 1050 g/mol. The van der Waals surface area contributed by atoms with E-state index in [1.807, 2.05) is 0 Å². The molecule has 0 aliphatic rings. The van der Waals surface area contributed by atoms with Crippen molar-refractivity contribution in [3.05, 3.63) is 48.6 Å². The van der Waals surface area contributed by atoms with Gasteiger partial charge in [0.15, 0.2) is 6.10 Å². The van der Waals surface area contributed by atoms with Crippen molar-refractivity contribution in [1.82, 2.24) is 0 Å². The molecule has 0 fully saturated rings. The van der Waals surface area contributed by atoms with Crippen molar-refractivity contribution in [3.63, 3.8) is 0 Å². The van der Waals surface area contributed by atoms with Crippen molar-refractivity contribution in [2.75, 3.05) is 13.2 Å². The number of rotatable bonds is 61. The summed E-state index contributed by atoms with van der Waals surface area (Å²) in [6, 6.07) is 0. The molecule has 0 saturated carbocycles. The van der Waals surface area contributed by atoms with Gasteiger partial charge in [0, 0.05) is 19.3 Å². The number of ether oxygens (including phenoxy) is 3. The van der Waals surface area contributed by atoms with Gasteiger partial charge in [-0.1, -0.05) is 288 Å². The first-order chi connectivity index (χ1) is 37.0. The largest absolute Gasteiger partial charge is 0.462 e. The van der Waals surface area contributed by atoms with Crippen molar-refractivity contribution >= 4 is 17.9 Å². The van der Waals surface area contributed by atoms with Gasteiger partial charge in [0.1, 0.15) is 13.2 Å². The first-order valence-electron chi connectivity index (χ1n) is 33.1. The zero-order valence-corrected chi connectivity index (χ0v) is 50.3.